The molecule has 2 rings (SSSR count). The van der Waals surface area contributed by atoms with Crippen LogP contribution in [-0.2, 0) is 11.3 Å². The summed E-state index contributed by atoms with van der Waals surface area (Å²) in [4.78, 5) is 11.7. The number of ether oxygens (including phenoxy) is 3. The fraction of sp³-hybridized carbons (Fsp3) is 0.533. The summed E-state index contributed by atoms with van der Waals surface area (Å²) in [6, 6.07) is 3.54. The molecule has 1 atom stereocenters. The number of hydrogen-bond acceptors (Lipinski definition) is 5. The van der Waals surface area contributed by atoms with Crippen LogP contribution in [0.3, 0.4) is 0 Å². The van der Waals surface area contributed by atoms with Crippen LogP contribution in [0.15, 0.2) is 12.1 Å². The second kappa shape index (κ2) is 7.17. The summed E-state index contributed by atoms with van der Waals surface area (Å²) in [7, 11) is 1.60. The van der Waals surface area contributed by atoms with Crippen LogP contribution in [0.1, 0.15) is 19.4 Å². The highest BCUT2D eigenvalue weighted by Crippen LogP contribution is 2.40. The monoisotopic (exact) mass is 294 g/mol. The lowest BCUT2D eigenvalue weighted by Gasteiger charge is -2.22. The van der Waals surface area contributed by atoms with Crippen LogP contribution in [0.5, 0.6) is 17.2 Å². The molecule has 116 valence electrons. The summed E-state index contributed by atoms with van der Waals surface area (Å²) in [5.41, 5.74) is 0.979. The van der Waals surface area contributed by atoms with Crippen molar-refractivity contribution in [2.75, 3.05) is 26.9 Å². The molecule has 0 aromatic heterocycles. The third kappa shape index (κ3) is 3.78. The van der Waals surface area contributed by atoms with E-state index in [1.807, 2.05) is 26.0 Å². The summed E-state index contributed by atoms with van der Waals surface area (Å²) in [6.07, 6.45) is 0. The minimum atomic E-state index is -0.260. The zero-order valence-electron chi connectivity index (χ0n) is 12.7. The number of hydrogen-bond donors (Lipinski definition) is 2. The number of rotatable bonds is 6. The summed E-state index contributed by atoms with van der Waals surface area (Å²) in [5.74, 6) is 1.96. The highest BCUT2D eigenvalue weighted by Gasteiger charge is 2.19. The second-order valence-corrected chi connectivity index (χ2v) is 4.82. The van der Waals surface area contributed by atoms with E-state index in [-0.39, 0.29) is 11.9 Å². The molecule has 1 heterocycles. The molecule has 0 radical (unpaired) electrons. The van der Waals surface area contributed by atoms with Crippen molar-refractivity contribution in [3.63, 3.8) is 0 Å². The van der Waals surface area contributed by atoms with Gasteiger partial charge in [0, 0.05) is 13.1 Å². The Morgan fingerprint density at radius 2 is 2.14 bits per heavy atom. The summed E-state index contributed by atoms with van der Waals surface area (Å²) in [5, 5.41) is 5.96. The Kier molecular flexibility index (Phi) is 5.27. The molecular formula is C15H22N2O4. The molecule has 21 heavy (non-hydrogen) atoms. The number of nitrogens with one attached hydrogen (secondary N) is 2. The van der Waals surface area contributed by atoms with Gasteiger partial charge < -0.3 is 24.8 Å². The number of carbonyl (C=O) groups is 1. The lowest BCUT2D eigenvalue weighted by atomic mass is 10.1. The fourth-order valence-corrected chi connectivity index (χ4v) is 2.12. The lowest BCUT2D eigenvalue weighted by Crippen LogP contribution is -2.41. The molecule has 0 bridgehead atoms. The molecule has 6 heteroatoms. The molecule has 2 N–H and O–H groups in total. The quantitative estimate of drug-likeness (QED) is 0.822. The maximum absolute atomic E-state index is 11.7. The number of benzene rings is 1. The molecule has 1 aromatic rings. The second-order valence-electron chi connectivity index (χ2n) is 4.82. The molecule has 0 saturated heterocycles. The van der Waals surface area contributed by atoms with Gasteiger partial charge in [-0.3, -0.25) is 4.79 Å². The first-order valence-corrected chi connectivity index (χ1v) is 7.13. The van der Waals surface area contributed by atoms with Crippen molar-refractivity contribution in [2.24, 2.45) is 0 Å². The fourth-order valence-electron chi connectivity index (χ4n) is 2.12. The maximum atomic E-state index is 11.7. The Hall–Kier alpha value is -1.95. The number of carbonyl (C=O) groups excluding carboxylic acids is 1. The van der Waals surface area contributed by atoms with Crippen LogP contribution in [0.2, 0.25) is 0 Å². The van der Waals surface area contributed by atoms with Crippen molar-refractivity contribution in [1.82, 2.24) is 10.6 Å². The van der Waals surface area contributed by atoms with E-state index in [2.05, 4.69) is 10.6 Å². The van der Waals surface area contributed by atoms with Gasteiger partial charge in [-0.25, -0.2) is 0 Å². The Morgan fingerprint density at radius 1 is 1.38 bits per heavy atom. The molecule has 1 aliphatic rings. The number of amides is 1. The van der Waals surface area contributed by atoms with Gasteiger partial charge >= 0.3 is 0 Å². The van der Waals surface area contributed by atoms with Crippen LogP contribution >= 0.6 is 0 Å². The molecule has 1 aliphatic heterocycles. The molecule has 1 amide bonds. The molecule has 6 nitrogen and oxygen atoms in total. The first-order valence-electron chi connectivity index (χ1n) is 7.13. The van der Waals surface area contributed by atoms with Crippen LogP contribution in [0, 0.1) is 0 Å². The molecule has 0 spiro atoms. The van der Waals surface area contributed by atoms with E-state index < -0.39 is 0 Å². The number of likely N-dealkylation sites (N-methyl/N-ethyl adjacent to an activating group) is 1. The van der Waals surface area contributed by atoms with Gasteiger partial charge in [0.25, 0.3) is 0 Å². The third-order valence-corrected chi connectivity index (χ3v) is 3.24. The van der Waals surface area contributed by atoms with Crippen molar-refractivity contribution >= 4 is 5.91 Å². The molecule has 1 aromatic carbocycles. The van der Waals surface area contributed by atoms with E-state index in [0.29, 0.717) is 43.6 Å². The third-order valence-electron chi connectivity index (χ3n) is 3.24. The van der Waals surface area contributed by atoms with Crippen LogP contribution < -0.4 is 24.8 Å². The van der Waals surface area contributed by atoms with E-state index >= 15 is 0 Å². The Bertz CT molecular complexity index is 487. The topological polar surface area (TPSA) is 68.8 Å². The van der Waals surface area contributed by atoms with Crippen molar-refractivity contribution in [3.05, 3.63) is 17.7 Å². The Balaban J connectivity index is 2.05. The van der Waals surface area contributed by atoms with Crippen LogP contribution in [-0.4, -0.2) is 38.8 Å². The minimum Gasteiger partial charge on any atom is -0.493 e. The highest BCUT2D eigenvalue weighted by molar-refractivity contribution is 5.81. The van der Waals surface area contributed by atoms with Gasteiger partial charge in [-0.15, -0.1) is 0 Å². The van der Waals surface area contributed by atoms with E-state index in [1.165, 1.54) is 0 Å². The van der Waals surface area contributed by atoms with E-state index in [4.69, 9.17) is 14.2 Å². The maximum Gasteiger partial charge on any atom is 0.236 e. The molecule has 1 unspecified atom stereocenters. The van der Waals surface area contributed by atoms with Gasteiger partial charge in [0.15, 0.2) is 11.5 Å². The first-order chi connectivity index (χ1) is 10.2. The van der Waals surface area contributed by atoms with Crippen LogP contribution in [0.25, 0.3) is 0 Å². The molecule has 0 fully saturated rings. The molecule has 0 saturated carbocycles. The average molecular weight is 294 g/mol. The van der Waals surface area contributed by atoms with Gasteiger partial charge in [0.1, 0.15) is 13.2 Å². The number of methoxy groups -OCH3 is 1. The average Bonchev–Trinajstić information content (AvgIpc) is 2.51. The van der Waals surface area contributed by atoms with Gasteiger partial charge in [0.05, 0.1) is 13.2 Å². The minimum absolute atomic E-state index is 0.0120. The van der Waals surface area contributed by atoms with Crippen molar-refractivity contribution in [3.8, 4) is 17.2 Å². The van der Waals surface area contributed by atoms with Gasteiger partial charge in [-0.2, -0.15) is 0 Å². The van der Waals surface area contributed by atoms with Crippen molar-refractivity contribution in [1.29, 1.82) is 0 Å². The SMILES string of the molecule is CCNC(=O)C(C)NCc1cc(OC)c2c(c1)OCCO2. The van der Waals surface area contributed by atoms with Crippen molar-refractivity contribution in [2.45, 2.75) is 26.4 Å². The molecular weight excluding hydrogens is 272 g/mol. The zero-order chi connectivity index (χ0) is 15.2. The number of fused-ring (bicyclic) bond motifs is 1. The largest absolute Gasteiger partial charge is 0.493 e. The highest BCUT2D eigenvalue weighted by atomic mass is 16.6. The van der Waals surface area contributed by atoms with Gasteiger partial charge in [-0.1, -0.05) is 0 Å². The molecule has 0 aliphatic carbocycles. The Labute approximate surface area is 124 Å². The zero-order valence-corrected chi connectivity index (χ0v) is 12.7. The summed E-state index contributed by atoms with van der Waals surface area (Å²) >= 11 is 0. The summed E-state index contributed by atoms with van der Waals surface area (Å²) in [6.45, 7) is 5.96. The smallest absolute Gasteiger partial charge is 0.236 e. The Morgan fingerprint density at radius 3 is 2.86 bits per heavy atom. The lowest BCUT2D eigenvalue weighted by molar-refractivity contribution is -0.122. The van der Waals surface area contributed by atoms with Gasteiger partial charge in [-0.05, 0) is 31.5 Å². The van der Waals surface area contributed by atoms with Crippen molar-refractivity contribution < 1.29 is 19.0 Å². The normalized spacial score (nSPS) is 14.4. The van der Waals surface area contributed by atoms with Gasteiger partial charge in [0.2, 0.25) is 11.7 Å². The predicted molar refractivity (Wildman–Crippen MR) is 79.0 cm³/mol. The predicted octanol–water partition coefficient (Wildman–Crippen LogP) is 1.08. The first kappa shape index (κ1) is 15.4. The van der Waals surface area contributed by atoms with E-state index in [9.17, 15) is 4.79 Å². The standard InChI is InChI=1S/C15H22N2O4/c1-4-16-15(18)10(2)17-9-11-7-12(19-3)14-13(8-11)20-5-6-21-14/h7-8,10,17H,4-6,9H2,1-3H3,(H,16,18). The summed E-state index contributed by atoms with van der Waals surface area (Å²) < 4.78 is 16.5. The van der Waals surface area contributed by atoms with E-state index in [1.54, 1.807) is 7.11 Å². The van der Waals surface area contributed by atoms with E-state index in [0.717, 1.165) is 5.56 Å². The van der Waals surface area contributed by atoms with Crippen LogP contribution in [0.4, 0.5) is 0 Å².